The van der Waals surface area contributed by atoms with Crippen LogP contribution in [-0.4, -0.2) is 48.2 Å². The molecule has 1 fully saturated rings. The van der Waals surface area contributed by atoms with Crippen LogP contribution in [0.2, 0.25) is 0 Å². The molecule has 0 aromatic heterocycles. The van der Waals surface area contributed by atoms with Gasteiger partial charge in [0.2, 0.25) is 6.79 Å². The molecule has 0 radical (unpaired) electrons. The van der Waals surface area contributed by atoms with E-state index in [1.807, 2.05) is 0 Å². The van der Waals surface area contributed by atoms with E-state index in [0.29, 0.717) is 30.7 Å². The van der Waals surface area contributed by atoms with Gasteiger partial charge in [-0.25, -0.2) is 4.79 Å². The van der Waals surface area contributed by atoms with Crippen molar-refractivity contribution in [3.05, 3.63) is 33.9 Å². The van der Waals surface area contributed by atoms with E-state index >= 15 is 0 Å². The highest BCUT2D eigenvalue weighted by molar-refractivity contribution is 5.90. The molecular formula is C19H22N2O7. The Hall–Kier alpha value is -3.10. The lowest BCUT2D eigenvalue weighted by Crippen LogP contribution is -2.44. The molecule has 0 aliphatic carbocycles. The number of likely N-dealkylation sites (tertiary alicyclic amines) is 1. The van der Waals surface area contributed by atoms with Gasteiger partial charge in [0, 0.05) is 19.2 Å². The van der Waals surface area contributed by atoms with Gasteiger partial charge in [0.25, 0.3) is 11.6 Å². The number of benzene rings is 1. The second-order valence-corrected chi connectivity index (χ2v) is 7.21. The lowest BCUT2D eigenvalue weighted by atomic mass is 9.92. The Kier molecular flexibility index (Phi) is 5.81. The summed E-state index contributed by atoms with van der Waals surface area (Å²) in [6, 6.07) is 2.67. The largest absolute Gasteiger partial charge is 0.454 e. The molecule has 9 heteroatoms. The molecule has 0 unspecified atom stereocenters. The van der Waals surface area contributed by atoms with E-state index in [2.05, 4.69) is 13.8 Å². The summed E-state index contributed by atoms with van der Waals surface area (Å²) in [7, 11) is 0. The third-order valence-corrected chi connectivity index (χ3v) is 4.68. The number of hydrogen-bond donors (Lipinski definition) is 0. The number of amides is 1. The fourth-order valence-electron chi connectivity index (χ4n) is 3.54. The van der Waals surface area contributed by atoms with Gasteiger partial charge < -0.3 is 19.1 Å². The number of nitro groups is 1. The van der Waals surface area contributed by atoms with E-state index in [1.54, 1.807) is 4.90 Å². The van der Waals surface area contributed by atoms with Crippen LogP contribution in [-0.2, 0) is 14.3 Å². The molecule has 1 saturated heterocycles. The first-order chi connectivity index (χ1) is 13.3. The van der Waals surface area contributed by atoms with Crippen molar-refractivity contribution in [2.75, 3.05) is 26.5 Å². The number of rotatable bonds is 5. The Labute approximate surface area is 162 Å². The molecule has 9 nitrogen and oxygen atoms in total. The van der Waals surface area contributed by atoms with Crippen molar-refractivity contribution >= 4 is 23.6 Å². The molecule has 28 heavy (non-hydrogen) atoms. The fraction of sp³-hybridized carbons (Fsp3) is 0.474. The van der Waals surface area contributed by atoms with Crippen LogP contribution in [0.3, 0.4) is 0 Å². The summed E-state index contributed by atoms with van der Waals surface area (Å²) in [6.45, 7) is 5.11. The Morgan fingerprint density at radius 2 is 1.89 bits per heavy atom. The standard InChI is InChI=1S/C19H22N2O7/c1-12-5-13(2)9-20(8-12)18(22)10-26-19(23)4-3-14-6-16-17(28-11-27-16)7-15(14)21(24)25/h3-4,6-7,12-13H,5,8-11H2,1-2H3/b4-3+/t12-,13-/m0/s1. The molecule has 2 atom stereocenters. The van der Waals surface area contributed by atoms with Crippen LogP contribution in [0, 0.1) is 22.0 Å². The fourth-order valence-corrected chi connectivity index (χ4v) is 3.54. The third kappa shape index (κ3) is 4.59. The van der Waals surface area contributed by atoms with E-state index in [0.717, 1.165) is 12.5 Å². The molecule has 0 spiro atoms. The number of piperidine rings is 1. The molecule has 2 aliphatic heterocycles. The predicted octanol–water partition coefficient (Wildman–Crippen LogP) is 2.38. The summed E-state index contributed by atoms with van der Waals surface area (Å²) in [5.41, 5.74) is -0.0446. The molecule has 2 aliphatic rings. The van der Waals surface area contributed by atoms with Crippen LogP contribution < -0.4 is 9.47 Å². The number of fused-ring (bicyclic) bond motifs is 1. The van der Waals surface area contributed by atoms with Crippen molar-refractivity contribution in [1.29, 1.82) is 0 Å². The summed E-state index contributed by atoms with van der Waals surface area (Å²) < 4.78 is 15.3. The van der Waals surface area contributed by atoms with Crippen LogP contribution >= 0.6 is 0 Å². The minimum atomic E-state index is -0.751. The molecule has 1 amide bonds. The molecule has 150 valence electrons. The van der Waals surface area contributed by atoms with Gasteiger partial charge in [0.1, 0.15) is 0 Å². The monoisotopic (exact) mass is 390 g/mol. The molecule has 1 aromatic rings. The van der Waals surface area contributed by atoms with E-state index in [1.165, 1.54) is 18.2 Å². The number of carbonyl (C=O) groups excluding carboxylic acids is 2. The van der Waals surface area contributed by atoms with Gasteiger partial charge in [-0.2, -0.15) is 0 Å². The Morgan fingerprint density at radius 3 is 2.54 bits per heavy atom. The highest BCUT2D eigenvalue weighted by atomic mass is 16.7. The summed E-state index contributed by atoms with van der Waals surface area (Å²) in [6.07, 6.45) is 3.39. The quantitative estimate of drug-likeness (QED) is 0.329. The van der Waals surface area contributed by atoms with Crippen LogP contribution in [0.15, 0.2) is 18.2 Å². The van der Waals surface area contributed by atoms with Crippen molar-refractivity contribution in [2.24, 2.45) is 11.8 Å². The maximum atomic E-state index is 12.2. The number of esters is 1. The van der Waals surface area contributed by atoms with Gasteiger partial charge in [-0.1, -0.05) is 13.8 Å². The highest BCUT2D eigenvalue weighted by Gasteiger charge is 2.26. The second-order valence-electron chi connectivity index (χ2n) is 7.21. The average molecular weight is 390 g/mol. The molecule has 1 aromatic carbocycles. The maximum Gasteiger partial charge on any atom is 0.331 e. The van der Waals surface area contributed by atoms with E-state index in [-0.39, 0.29) is 36.3 Å². The number of ether oxygens (including phenoxy) is 3. The second kappa shape index (κ2) is 8.28. The SMILES string of the molecule is C[C@H]1C[C@H](C)CN(C(=O)COC(=O)/C=C/c2cc3c(cc2[N+](=O)[O-])OCO3)C1. The molecular weight excluding hydrogens is 368 g/mol. The molecule has 0 N–H and O–H groups in total. The first-order valence-corrected chi connectivity index (χ1v) is 9.04. The zero-order valence-electron chi connectivity index (χ0n) is 15.8. The number of nitrogens with zero attached hydrogens (tertiary/aromatic N) is 2. The maximum absolute atomic E-state index is 12.2. The van der Waals surface area contributed by atoms with E-state index in [9.17, 15) is 19.7 Å². The van der Waals surface area contributed by atoms with Gasteiger partial charge in [-0.15, -0.1) is 0 Å². The van der Waals surface area contributed by atoms with Crippen LogP contribution in [0.5, 0.6) is 11.5 Å². The predicted molar refractivity (Wildman–Crippen MR) is 98.7 cm³/mol. The van der Waals surface area contributed by atoms with Gasteiger partial charge in [0.05, 0.1) is 16.6 Å². The molecule has 0 saturated carbocycles. The van der Waals surface area contributed by atoms with Gasteiger partial charge in [-0.05, 0) is 30.4 Å². The minimum absolute atomic E-state index is 0.0163. The first-order valence-electron chi connectivity index (χ1n) is 9.04. The first kappa shape index (κ1) is 19.7. The lowest BCUT2D eigenvalue weighted by molar-refractivity contribution is -0.385. The minimum Gasteiger partial charge on any atom is -0.454 e. The topological polar surface area (TPSA) is 108 Å². The summed E-state index contributed by atoms with van der Waals surface area (Å²) in [5.74, 6) is 0.474. The van der Waals surface area contributed by atoms with Crippen molar-refractivity contribution in [3.63, 3.8) is 0 Å². The van der Waals surface area contributed by atoms with Crippen molar-refractivity contribution in [2.45, 2.75) is 20.3 Å². The van der Waals surface area contributed by atoms with Crippen LogP contribution in [0.4, 0.5) is 5.69 Å². The number of carbonyl (C=O) groups is 2. The smallest absolute Gasteiger partial charge is 0.331 e. The molecule has 0 bridgehead atoms. The van der Waals surface area contributed by atoms with E-state index in [4.69, 9.17) is 14.2 Å². The van der Waals surface area contributed by atoms with Gasteiger partial charge in [0.15, 0.2) is 18.1 Å². The van der Waals surface area contributed by atoms with E-state index < -0.39 is 10.9 Å². The summed E-state index contributed by atoms with van der Waals surface area (Å²) in [5, 5.41) is 11.2. The van der Waals surface area contributed by atoms with Gasteiger partial charge in [-0.3, -0.25) is 14.9 Å². The van der Waals surface area contributed by atoms with Crippen molar-refractivity contribution in [3.8, 4) is 11.5 Å². The third-order valence-electron chi connectivity index (χ3n) is 4.68. The Balaban J connectivity index is 1.60. The Morgan fingerprint density at radius 1 is 1.25 bits per heavy atom. The van der Waals surface area contributed by atoms with Crippen molar-refractivity contribution < 1.29 is 28.7 Å². The lowest BCUT2D eigenvalue weighted by Gasteiger charge is -2.34. The molecule has 3 rings (SSSR count). The van der Waals surface area contributed by atoms with Crippen molar-refractivity contribution in [1.82, 2.24) is 4.90 Å². The van der Waals surface area contributed by atoms with Gasteiger partial charge >= 0.3 is 5.97 Å². The average Bonchev–Trinajstić information content (AvgIpc) is 3.10. The van der Waals surface area contributed by atoms with Crippen LogP contribution in [0.1, 0.15) is 25.8 Å². The normalized spacial score (nSPS) is 21.0. The summed E-state index contributed by atoms with van der Waals surface area (Å²) >= 11 is 0. The highest BCUT2D eigenvalue weighted by Crippen LogP contribution is 2.38. The zero-order chi connectivity index (χ0) is 20.3. The number of nitro benzene ring substituents is 1. The summed E-state index contributed by atoms with van der Waals surface area (Å²) in [4.78, 5) is 36.5. The zero-order valence-corrected chi connectivity index (χ0v) is 15.8. The number of hydrogen-bond acceptors (Lipinski definition) is 7. The molecule has 2 heterocycles. The Bertz CT molecular complexity index is 811. The van der Waals surface area contributed by atoms with Crippen LogP contribution in [0.25, 0.3) is 6.08 Å².